The number of rotatable bonds is 42. The quantitative estimate of drug-likeness (QED) is 0.0161. The van der Waals surface area contributed by atoms with E-state index in [0.29, 0.717) is 47.0 Å². The second kappa shape index (κ2) is 40.5. The molecule has 81 heavy (non-hydrogen) atoms. The van der Waals surface area contributed by atoms with Crippen LogP contribution < -0.4 is 28.4 Å². The second-order valence-electron chi connectivity index (χ2n) is 21.0. The average Bonchev–Trinajstić information content (AvgIpc) is 3.50. The molecule has 0 spiro atoms. The zero-order valence-electron chi connectivity index (χ0n) is 48.5. The zero-order chi connectivity index (χ0) is 57.4. The monoisotopic (exact) mass is 1120 g/mol. The van der Waals surface area contributed by atoms with Gasteiger partial charge in [0.1, 0.15) is 34.5 Å². The van der Waals surface area contributed by atoms with Gasteiger partial charge in [0, 0.05) is 23.2 Å². The lowest BCUT2D eigenvalue weighted by Gasteiger charge is -2.08. The molecular formula is C70H89ClO10. The van der Waals surface area contributed by atoms with Crippen LogP contribution >= 0.6 is 11.6 Å². The van der Waals surface area contributed by atoms with E-state index in [0.717, 1.165) is 37.2 Å². The molecule has 0 saturated carbocycles. The van der Waals surface area contributed by atoms with E-state index in [2.05, 4.69) is 13.8 Å². The summed E-state index contributed by atoms with van der Waals surface area (Å²) < 4.78 is 33.9. The topological polar surface area (TPSA) is 124 Å². The van der Waals surface area contributed by atoms with E-state index in [-0.39, 0.29) is 16.5 Å². The number of unbranched alkanes of at least 4 members (excludes halogenated alkanes) is 26. The molecule has 0 amide bonds. The summed E-state index contributed by atoms with van der Waals surface area (Å²) in [6.45, 7) is 5.84. The predicted octanol–water partition coefficient (Wildman–Crippen LogP) is 19.7. The maximum Gasteiger partial charge on any atom is 0.343 e. The van der Waals surface area contributed by atoms with E-state index < -0.39 is 23.9 Å². The van der Waals surface area contributed by atoms with Crippen molar-refractivity contribution < 1.29 is 47.6 Å². The summed E-state index contributed by atoms with van der Waals surface area (Å²) in [6.07, 6.45) is 42.3. The van der Waals surface area contributed by atoms with Gasteiger partial charge in [-0.3, -0.25) is 0 Å². The molecule has 0 heterocycles. The molecule has 0 radical (unpaired) electrons. The Balaban J connectivity index is 0.923. The van der Waals surface area contributed by atoms with Crippen molar-refractivity contribution in [2.24, 2.45) is 0 Å². The van der Waals surface area contributed by atoms with Gasteiger partial charge in [-0.25, -0.2) is 19.2 Å². The van der Waals surface area contributed by atoms with Crippen molar-refractivity contribution in [1.82, 2.24) is 0 Å². The highest BCUT2D eigenvalue weighted by Gasteiger charge is 2.13. The van der Waals surface area contributed by atoms with Crippen LogP contribution in [0.5, 0.6) is 34.5 Å². The summed E-state index contributed by atoms with van der Waals surface area (Å²) in [5.74, 6) is -0.0343. The van der Waals surface area contributed by atoms with Crippen LogP contribution in [0.1, 0.15) is 225 Å². The van der Waals surface area contributed by atoms with Crippen molar-refractivity contribution in [2.45, 2.75) is 194 Å². The molecular weight excluding hydrogens is 1040 g/mol. The zero-order valence-corrected chi connectivity index (χ0v) is 49.2. The van der Waals surface area contributed by atoms with Gasteiger partial charge in [0.05, 0.1) is 24.3 Å². The Hall–Kier alpha value is -6.65. The molecule has 5 aromatic carbocycles. The van der Waals surface area contributed by atoms with Crippen LogP contribution in [0.25, 0.3) is 12.2 Å². The minimum absolute atomic E-state index is 0.0637. The van der Waals surface area contributed by atoms with Crippen molar-refractivity contribution in [3.8, 4) is 34.5 Å². The lowest BCUT2D eigenvalue weighted by Crippen LogP contribution is -2.08. The molecule has 0 N–H and O–H groups in total. The molecule has 11 heteroatoms. The number of hydrogen-bond donors (Lipinski definition) is 0. The number of esters is 4. The van der Waals surface area contributed by atoms with Crippen LogP contribution in [0.4, 0.5) is 0 Å². The van der Waals surface area contributed by atoms with Crippen LogP contribution in [0.15, 0.2) is 127 Å². The maximum absolute atomic E-state index is 12.9. The van der Waals surface area contributed by atoms with Gasteiger partial charge >= 0.3 is 23.9 Å². The fourth-order valence-corrected chi connectivity index (χ4v) is 9.47. The number of ether oxygens (including phenoxy) is 6. The fourth-order valence-electron chi connectivity index (χ4n) is 9.26. The van der Waals surface area contributed by atoms with Crippen LogP contribution in [0.2, 0.25) is 5.02 Å². The van der Waals surface area contributed by atoms with E-state index in [9.17, 15) is 19.2 Å². The van der Waals surface area contributed by atoms with Gasteiger partial charge in [0.15, 0.2) is 0 Å². The summed E-state index contributed by atoms with van der Waals surface area (Å²) in [5, 5.41) is 0.181. The molecule has 0 fully saturated rings. The van der Waals surface area contributed by atoms with Crippen molar-refractivity contribution in [3.05, 3.63) is 155 Å². The van der Waals surface area contributed by atoms with Crippen LogP contribution in [-0.2, 0) is 9.59 Å². The Morgan fingerprint density at radius 3 is 0.926 bits per heavy atom. The van der Waals surface area contributed by atoms with Crippen LogP contribution in [-0.4, -0.2) is 37.1 Å². The maximum atomic E-state index is 12.9. The van der Waals surface area contributed by atoms with E-state index in [1.54, 1.807) is 97.1 Å². The Bertz CT molecular complexity index is 2430. The molecule has 0 aliphatic carbocycles. The number of carbonyl (C=O) groups excluding carboxylic acids is 4. The first-order chi connectivity index (χ1) is 39.7. The highest BCUT2D eigenvalue weighted by Crippen LogP contribution is 2.28. The summed E-state index contributed by atoms with van der Waals surface area (Å²) in [5.41, 5.74) is 1.96. The molecule has 0 saturated heterocycles. The lowest BCUT2D eigenvalue weighted by atomic mass is 10.0. The molecule has 5 rings (SSSR count). The third-order valence-electron chi connectivity index (χ3n) is 14.0. The van der Waals surface area contributed by atoms with E-state index >= 15 is 0 Å². The second-order valence-corrected chi connectivity index (χ2v) is 21.4. The predicted molar refractivity (Wildman–Crippen MR) is 328 cm³/mol. The normalized spacial score (nSPS) is 11.2. The summed E-state index contributed by atoms with van der Waals surface area (Å²) in [6, 6.07) is 31.4. The summed E-state index contributed by atoms with van der Waals surface area (Å²) in [4.78, 5) is 51.3. The molecule has 0 unspecified atom stereocenters. The van der Waals surface area contributed by atoms with Gasteiger partial charge in [-0.1, -0.05) is 217 Å². The molecule has 0 aliphatic rings. The molecule has 0 bridgehead atoms. The lowest BCUT2D eigenvalue weighted by molar-refractivity contribution is -0.129. The SMILES string of the molecule is CCCCCCCCCCCCCCCCOc1ccc(OC(=O)c2ccc(/C=C/C(=O)Oc3cc(Cl)cc(OC(=O)/C=C/c4ccc(C(=O)Oc5ccc(OCCCCCCCCCCCCCCCC)cc5)cc4)c3)cc2)cc1. The van der Waals surface area contributed by atoms with E-state index in [1.165, 1.54) is 197 Å². The first kappa shape index (κ1) is 65.2. The Kier molecular flexibility index (Phi) is 32.6. The highest BCUT2D eigenvalue weighted by molar-refractivity contribution is 6.30. The van der Waals surface area contributed by atoms with Gasteiger partial charge in [0.25, 0.3) is 0 Å². The Morgan fingerprint density at radius 2 is 0.617 bits per heavy atom. The average molecular weight is 1130 g/mol. The van der Waals surface area contributed by atoms with E-state index in [1.807, 2.05) is 0 Å². The van der Waals surface area contributed by atoms with Gasteiger partial charge in [0.2, 0.25) is 0 Å². The van der Waals surface area contributed by atoms with Gasteiger partial charge < -0.3 is 28.4 Å². The standard InChI is InChI=1S/C70H89ClO10/c1-3-5-7-9-11-13-15-17-19-21-23-25-27-29-51-76-61-41-45-63(46-42-61)80-69(74)58-37-31-56(32-38-58)35-49-67(72)78-65-53-60(71)54-66(55-65)79-68(73)50-36-57-33-39-59(40-34-57)70(75)81-64-47-43-62(44-48-64)77-52-30-28-26-24-22-20-18-16-14-12-10-8-6-4-2/h31-50,53-55H,3-30,51-52H2,1-2H3/b49-35+,50-36+. The molecule has 436 valence electrons. The van der Waals surface area contributed by atoms with Gasteiger partial charge in [-0.2, -0.15) is 0 Å². The first-order valence-electron chi connectivity index (χ1n) is 30.4. The fraction of sp³-hybridized carbons (Fsp3) is 0.457. The summed E-state index contributed by atoms with van der Waals surface area (Å²) >= 11 is 6.28. The Labute approximate surface area is 489 Å². The first-order valence-corrected chi connectivity index (χ1v) is 30.8. The molecule has 0 aromatic heterocycles. The number of carbonyl (C=O) groups is 4. The molecule has 0 atom stereocenters. The molecule has 10 nitrogen and oxygen atoms in total. The minimum atomic E-state index is -0.703. The van der Waals surface area contributed by atoms with E-state index in [4.69, 9.17) is 40.0 Å². The van der Waals surface area contributed by atoms with Crippen molar-refractivity contribution >= 4 is 47.6 Å². The van der Waals surface area contributed by atoms with Gasteiger partial charge in [-0.05, 0) is 121 Å². The number of hydrogen-bond acceptors (Lipinski definition) is 10. The molecule has 5 aromatic rings. The smallest absolute Gasteiger partial charge is 0.343 e. The minimum Gasteiger partial charge on any atom is -0.494 e. The Morgan fingerprint density at radius 1 is 0.333 bits per heavy atom. The third kappa shape index (κ3) is 29.1. The van der Waals surface area contributed by atoms with Crippen molar-refractivity contribution in [1.29, 1.82) is 0 Å². The van der Waals surface area contributed by atoms with Crippen molar-refractivity contribution in [2.75, 3.05) is 13.2 Å². The summed E-state index contributed by atoms with van der Waals surface area (Å²) in [7, 11) is 0. The number of benzene rings is 5. The molecule has 0 aliphatic heterocycles. The largest absolute Gasteiger partial charge is 0.494 e. The third-order valence-corrected chi connectivity index (χ3v) is 14.2. The number of halogens is 1. The van der Waals surface area contributed by atoms with Crippen LogP contribution in [0, 0.1) is 0 Å². The van der Waals surface area contributed by atoms with Crippen LogP contribution in [0.3, 0.4) is 0 Å². The van der Waals surface area contributed by atoms with Crippen molar-refractivity contribution in [3.63, 3.8) is 0 Å². The highest BCUT2D eigenvalue weighted by atomic mass is 35.5. The van der Waals surface area contributed by atoms with Gasteiger partial charge in [-0.15, -0.1) is 0 Å².